The lowest BCUT2D eigenvalue weighted by Crippen LogP contribution is -2.42. The Morgan fingerprint density at radius 3 is 2.81 bits per heavy atom. The van der Waals surface area contributed by atoms with Crippen LogP contribution in [-0.2, 0) is 6.42 Å². The maximum atomic E-state index is 13.7. The van der Waals surface area contributed by atoms with E-state index in [1.807, 2.05) is 31.2 Å². The number of carbonyl (C=O) groups excluding carboxylic acids is 1. The Labute approximate surface area is 131 Å². The van der Waals surface area contributed by atoms with E-state index in [4.69, 9.17) is 0 Å². The van der Waals surface area contributed by atoms with E-state index in [2.05, 4.69) is 15.9 Å². The average molecular weight is 348 g/mol. The van der Waals surface area contributed by atoms with Crippen LogP contribution >= 0.6 is 15.9 Å². The van der Waals surface area contributed by atoms with Gasteiger partial charge in [-0.2, -0.15) is 0 Å². The van der Waals surface area contributed by atoms with Crippen LogP contribution in [-0.4, -0.2) is 11.9 Å². The molecule has 0 saturated carbocycles. The third-order valence-corrected chi connectivity index (χ3v) is 4.55. The molecule has 1 atom stereocenters. The lowest BCUT2D eigenvalue weighted by atomic mass is 9.96. The number of hydrogen-bond donors (Lipinski definition) is 0. The predicted molar refractivity (Wildman–Crippen MR) is 85.1 cm³/mol. The van der Waals surface area contributed by atoms with Crippen LogP contribution < -0.4 is 4.90 Å². The highest BCUT2D eigenvalue weighted by Crippen LogP contribution is 2.32. The van der Waals surface area contributed by atoms with Gasteiger partial charge in [0.05, 0.1) is 4.47 Å². The first kappa shape index (κ1) is 14.3. The van der Waals surface area contributed by atoms with Gasteiger partial charge in [-0.05, 0) is 65.5 Å². The smallest absolute Gasteiger partial charge is 0.258 e. The zero-order chi connectivity index (χ0) is 15.0. The maximum absolute atomic E-state index is 13.7. The molecule has 0 aromatic heterocycles. The molecule has 3 rings (SSSR count). The number of fused-ring (bicyclic) bond motifs is 1. The summed E-state index contributed by atoms with van der Waals surface area (Å²) in [6.45, 7) is 2.03. The summed E-state index contributed by atoms with van der Waals surface area (Å²) in [7, 11) is 0. The van der Waals surface area contributed by atoms with E-state index in [1.165, 1.54) is 11.6 Å². The normalized spacial score (nSPS) is 17.5. The molecule has 0 fully saturated rings. The second kappa shape index (κ2) is 5.60. The molecule has 2 nitrogen and oxygen atoms in total. The maximum Gasteiger partial charge on any atom is 0.258 e. The number of aryl methyl sites for hydroxylation is 1. The zero-order valence-electron chi connectivity index (χ0n) is 11.6. The molecule has 1 aliphatic heterocycles. The van der Waals surface area contributed by atoms with E-state index in [-0.39, 0.29) is 11.9 Å². The fraction of sp³-hybridized carbons (Fsp3) is 0.235. The summed E-state index contributed by atoms with van der Waals surface area (Å²) in [6, 6.07) is 12.5. The molecule has 0 bridgehead atoms. The molecular formula is C17H15BrFNO. The highest BCUT2D eigenvalue weighted by molar-refractivity contribution is 9.10. The molecule has 4 heteroatoms. The van der Waals surface area contributed by atoms with Crippen LogP contribution in [0, 0.1) is 5.82 Å². The van der Waals surface area contributed by atoms with Gasteiger partial charge in [-0.1, -0.05) is 18.2 Å². The third kappa shape index (κ3) is 2.60. The molecule has 0 radical (unpaired) electrons. The Kier molecular flexibility index (Phi) is 3.81. The van der Waals surface area contributed by atoms with E-state index in [1.54, 1.807) is 17.0 Å². The standard InChI is InChI=1S/C17H15BrFNO/c1-11-6-7-12-4-2-3-5-16(12)20(11)17(21)13-8-9-14(18)15(19)10-13/h2-5,8-11H,6-7H2,1H3. The van der Waals surface area contributed by atoms with Crippen molar-refractivity contribution in [1.29, 1.82) is 0 Å². The number of benzene rings is 2. The molecular weight excluding hydrogens is 333 g/mol. The van der Waals surface area contributed by atoms with Crippen molar-refractivity contribution in [2.45, 2.75) is 25.8 Å². The van der Waals surface area contributed by atoms with Gasteiger partial charge < -0.3 is 4.90 Å². The van der Waals surface area contributed by atoms with Crippen LogP contribution in [0.1, 0.15) is 29.3 Å². The van der Waals surface area contributed by atoms with Gasteiger partial charge in [0.1, 0.15) is 5.82 Å². The molecule has 1 aliphatic rings. The highest BCUT2D eigenvalue weighted by Gasteiger charge is 2.28. The summed E-state index contributed by atoms with van der Waals surface area (Å²) in [5, 5.41) is 0. The monoisotopic (exact) mass is 347 g/mol. The molecule has 1 amide bonds. The number of amides is 1. The fourth-order valence-electron chi connectivity index (χ4n) is 2.77. The lowest BCUT2D eigenvalue weighted by molar-refractivity contribution is 0.0974. The predicted octanol–water partition coefficient (Wildman–Crippen LogP) is 4.57. The number of halogens is 2. The van der Waals surface area contributed by atoms with E-state index in [9.17, 15) is 9.18 Å². The first-order valence-corrected chi connectivity index (χ1v) is 7.74. The second-order valence-corrected chi connectivity index (χ2v) is 6.17. The van der Waals surface area contributed by atoms with Gasteiger partial charge in [0.15, 0.2) is 0 Å². The summed E-state index contributed by atoms with van der Waals surface area (Å²) in [5.41, 5.74) is 2.48. The molecule has 0 spiro atoms. The van der Waals surface area contributed by atoms with Crippen molar-refractivity contribution in [3.63, 3.8) is 0 Å². The summed E-state index contributed by atoms with van der Waals surface area (Å²) >= 11 is 3.11. The minimum absolute atomic E-state index is 0.110. The summed E-state index contributed by atoms with van der Waals surface area (Å²) in [5.74, 6) is -0.570. The average Bonchev–Trinajstić information content (AvgIpc) is 2.49. The molecule has 0 aliphatic carbocycles. The second-order valence-electron chi connectivity index (χ2n) is 5.32. The van der Waals surface area contributed by atoms with Crippen molar-refractivity contribution in [3.8, 4) is 0 Å². The van der Waals surface area contributed by atoms with Crippen molar-refractivity contribution in [1.82, 2.24) is 0 Å². The Morgan fingerprint density at radius 2 is 2.05 bits per heavy atom. The van der Waals surface area contributed by atoms with Crippen LogP contribution in [0.2, 0.25) is 0 Å². The van der Waals surface area contributed by atoms with Crippen molar-refractivity contribution in [2.24, 2.45) is 0 Å². The van der Waals surface area contributed by atoms with Gasteiger partial charge in [-0.25, -0.2) is 4.39 Å². The van der Waals surface area contributed by atoms with Crippen molar-refractivity contribution >= 4 is 27.5 Å². The molecule has 2 aromatic rings. The molecule has 108 valence electrons. The van der Waals surface area contributed by atoms with Gasteiger partial charge in [0.25, 0.3) is 5.91 Å². The van der Waals surface area contributed by atoms with E-state index < -0.39 is 5.82 Å². The third-order valence-electron chi connectivity index (χ3n) is 3.91. The first-order chi connectivity index (χ1) is 10.1. The summed E-state index contributed by atoms with van der Waals surface area (Å²) in [4.78, 5) is 14.6. The Bertz CT molecular complexity index is 701. The van der Waals surface area contributed by atoms with Crippen LogP contribution in [0.25, 0.3) is 0 Å². The number of para-hydroxylation sites is 1. The van der Waals surface area contributed by atoms with Crippen LogP contribution in [0.5, 0.6) is 0 Å². The quantitative estimate of drug-likeness (QED) is 0.739. The van der Waals surface area contributed by atoms with Crippen LogP contribution in [0.15, 0.2) is 46.9 Å². The molecule has 0 N–H and O–H groups in total. The number of carbonyl (C=O) groups is 1. The van der Waals surface area contributed by atoms with Gasteiger partial charge in [0, 0.05) is 17.3 Å². The highest BCUT2D eigenvalue weighted by atomic mass is 79.9. The molecule has 21 heavy (non-hydrogen) atoms. The summed E-state index contributed by atoms with van der Waals surface area (Å²) in [6.07, 6.45) is 1.89. The van der Waals surface area contributed by atoms with E-state index in [0.717, 1.165) is 18.5 Å². The van der Waals surface area contributed by atoms with Gasteiger partial charge in [-0.15, -0.1) is 0 Å². The Balaban J connectivity index is 2.02. The zero-order valence-corrected chi connectivity index (χ0v) is 13.2. The van der Waals surface area contributed by atoms with Crippen molar-refractivity contribution < 1.29 is 9.18 Å². The molecule has 2 aromatic carbocycles. The SMILES string of the molecule is CC1CCc2ccccc2N1C(=O)c1ccc(Br)c(F)c1. The number of hydrogen-bond acceptors (Lipinski definition) is 1. The van der Waals surface area contributed by atoms with Gasteiger partial charge in [0.2, 0.25) is 0 Å². The number of anilines is 1. The largest absolute Gasteiger partial charge is 0.305 e. The van der Waals surface area contributed by atoms with Gasteiger partial charge >= 0.3 is 0 Å². The number of rotatable bonds is 1. The Hall–Kier alpha value is -1.68. The topological polar surface area (TPSA) is 20.3 Å². The lowest BCUT2D eigenvalue weighted by Gasteiger charge is -2.35. The van der Waals surface area contributed by atoms with E-state index in [0.29, 0.717) is 10.0 Å². The fourth-order valence-corrected chi connectivity index (χ4v) is 3.01. The van der Waals surface area contributed by atoms with Gasteiger partial charge in [-0.3, -0.25) is 4.79 Å². The molecule has 1 heterocycles. The Morgan fingerprint density at radius 1 is 1.29 bits per heavy atom. The van der Waals surface area contributed by atoms with Crippen LogP contribution in [0.3, 0.4) is 0 Å². The van der Waals surface area contributed by atoms with Crippen molar-refractivity contribution in [3.05, 3.63) is 63.9 Å². The number of nitrogens with zero attached hydrogens (tertiary/aromatic N) is 1. The first-order valence-electron chi connectivity index (χ1n) is 6.94. The van der Waals surface area contributed by atoms with Crippen LogP contribution in [0.4, 0.5) is 10.1 Å². The molecule has 1 unspecified atom stereocenters. The summed E-state index contributed by atoms with van der Waals surface area (Å²) < 4.78 is 14.0. The minimum Gasteiger partial charge on any atom is -0.305 e. The minimum atomic E-state index is -0.418. The molecule has 0 saturated heterocycles. The van der Waals surface area contributed by atoms with E-state index >= 15 is 0 Å². The van der Waals surface area contributed by atoms with Crippen molar-refractivity contribution in [2.75, 3.05) is 4.90 Å².